The summed E-state index contributed by atoms with van der Waals surface area (Å²) in [5, 5.41) is 67.9. The van der Waals surface area contributed by atoms with E-state index in [9.17, 15) is 35.4 Å². The number of carbonyl (C=O) groups is 1. The molecule has 3 aliphatic rings. The fraction of sp³-hybridized carbons (Fsp3) is 0.974. The normalized spacial score (nSPS) is 48.2. The minimum absolute atomic E-state index is 0.116. The molecule has 0 spiro atoms. The average molecular weight is 779 g/mol. The molecule has 3 saturated heterocycles. The van der Waals surface area contributed by atoms with Gasteiger partial charge in [0, 0.05) is 45.0 Å². The van der Waals surface area contributed by atoms with E-state index >= 15 is 0 Å². The van der Waals surface area contributed by atoms with Crippen molar-refractivity contribution in [2.24, 2.45) is 17.8 Å². The number of hydrogen-bond donors (Lipinski definition) is 6. The quantitative estimate of drug-likeness (QED) is 0.183. The van der Waals surface area contributed by atoms with Gasteiger partial charge in [0.25, 0.3) is 0 Å². The summed E-state index contributed by atoms with van der Waals surface area (Å²) in [5.74, 6) is -2.67. The summed E-state index contributed by atoms with van der Waals surface area (Å²) in [5.41, 5.74) is -4.44. The molecule has 15 nitrogen and oxygen atoms in total. The highest BCUT2D eigenvalue weighted by atomic mass is 16.7. The van der Waals surface area contributed by atoms with Crippen molar-refractivity contribution in [2.45, 2.75) is 185 Å². The van der Waals surface area contributed by atoms with Gasteiger partial charge in [-0.05, 0) is 81.3 Å². The standard InChI is InChI=1S/C39H74N2O13/c1-14-28-39(10,48)32(44)25(6)41(12)20-21(2)18-37(8,47)34(54-36-30(40(11)15-16-42)27(43)17-22(3)50-36)23(4)31(24(5)35(46)52-28)53-29-19-38(9,49-13)33(45)26(7)51-29/h21-34,36,42-45,47-48H,14-20H2,1-13H3/t21-,22-,23+,24-,25-,26+,27-,28-,29+,30+,31+,32-,33+,34-,36+,37-,38-,39-/m1/s1. The highest BCUT2D eigenvalue weighted by Crippen LogP contribution is 2.40. The molecule has 0 bridgehead atoms. The topological polar surface area (TPSA) is 200 Å². The Labute approximate surface area is 323 Å². The summed E-state index contributed by atoms with van der Waals surface area (Å²) < 4.78 is 37.9. The molecule has 318 valence electrons. The highest BCUT2D eigenvalue weighted by molar-refractivity contribution is 5.73. The van der Waals surface area contributed by atoms with E-state index in [2.05, 4.69) is 0 Å². The fourth-order valence-corrected chi connectivity index (χ4v) is 9.03. The summed E-state index contributed by atoms with van der Waals surface area (Å²) in [6, 6.07) is -1.25. The molecule has 18 atom stereocenters. The Kier molecular flexibility index (Phi) is 16.8. The van der Waals surface area contributed by atoms with E-state index in [0.717, 1.165) is 0 Å². The summed E-state index contributed by atoms with van der Waals surface area (Å²) >= 11 is 0. The maximum Gasteiger partial charge on any atom is 0.311 e. The minimum atomic E-state index is -1.82. The molecule has 3 aliphatic heterocycles. The van der Waals surface area contributed by atoms with Crippen LogP contribution in [0.2, 0.25) is 0 Å². The third-order valence-corrected chi connectivity index (χ3v) is 12.5. The molecule has 0 unspecified atom stereocenters. The van der Waals surface area contributed by atoms with E-state index in [1.165, 1.54) is 14.0 Å². The van der Waals surface area contributed by atoms with E-state index in [4.69, 9.17) is 28.4 Å². The molecule has 0 aromatic heterocycles. The van der Waals surface area contributed by atoms with Crippen molar-refractivity contribution in [2.75, 3.05) is 40.9 Å². The fourth-order valence-electron chi connectivity index (χ4n) is 9.03. The number of nitrogens with zero attached hydrogens (tertiary/aromatic N) is 2. The number of likely N-dealkylation sites (N-methyl/N-ethyl adjacent to an activating group) is 2. The van der Waals surface area contributed by atoms with Crippen LogP contribution in [-0.4, -0.2) is 178 Å². The van der Waals surface area contributed by atoms with E-state index in [0.29, 0.717) is 13.0 Å². The Bertz CT molecular complexity index is 1180. The lowest BCUT2D eigenvalue weighted by Crippen LogP contribution is -2.61. The van der Waals surface area contributed by atoms with Crippen LogP contribution in [0.1, 0.15) is 94.9 Å². The molecular weight excluding hydrogens is 704 g/mol. The highest BCUT2D eigenvalue weighted by Gasteiger charge is 2.53. The van der Waals surface area contributed by atoms with Gasteiger partial charge in [-0.1, -0.05) is 20.8 Å². The summed E-state index contributed by atoms with van der Waals surface area (Å²) in [6.45, 7) is 18.0. The molecule has 0 amide bonds. The monoisotopic (exact) mass is 779 g/mol. The van der Waals surface area contributed by atoms with Gasteiger partial charge in [0.15, 0.2) is 12.6 Å². The third kappa shape index (κ3) is 10.7. The number of methoxy groups -OCH3 is 1. The molecule has 0 aromatic carbocycles. The Hall–Kier alpha value is -1.05. The van der Waals surface area contributed by atoms with E-state index in [1.807, 2.05) is 32.7 Å². The molecule has 15 heteroatoms. The zero-order valence-corrected chi connectivity index (χ0v) is 35.0. The average Bonchev–Trinajstić information content (AvgIpc) is 3.08. The number of ether oxygens (including phenoxy) is 6. The third-order valence-electron chi connectivity index (χ3n) is 12.5. The zero-order chi connectivity index (χ0) is 41.1. The molecule has 3 fully saturated rings. The smallest absolute Gasteiger partial charge is 0.311 e. The van der Waals surface area contributed by atoms with Gasteiger partial charge in [-0.2, -0.15) is 0 Å². The van der Waals surface area contributed by atoms with Crippen molar-refractivity contribution in [3.8, 4) is 0 Å². The second-order valence-corrected chi connectivity index (χ2v) is 17.4. The first-order chi connectivity index (χ1) is 24.9. The molecule has 6 N–H and O–H groups in total. The predicted octanol–water partition coefficient (Wildman–Crippen LogP) is 1.26. The lowest BCUT2D eigenvalue weighted by Gasteiger charge is -2.49. The SMILES string of the molecule is CC[C@H]1OC(=O)[C@H](C)[C@@H](O[C@H]2C[C@@](C)(OC)[C@@H](O)[C@H](C)O2)[C@H](C)[C@@H](O[C@@H]2O[C@H](C)C[C@@H](O)[C@@H]2N(C)CCO)[C@](C)(O)C[C@@H](C)CN(C)[C@H](C)[C@@H](O)[C@]1(C)O. The molecule has 0 aliphatic carbocycles. The van der Waals surface area contributed by atoms with Crippen LogP contribution >= 0.6 is 0 Å². The Morgan fingerprint density at radius 2 is 1.59 bits per heavy atom. The van der Waals surface area contributed by atoms with Gasteiger partial charge in [-0.25, -0.2) is 0 Å². The van der Waals surface area contributed by atoms with Crippen LogP contribution in [0.4, 0.5) is 0 Å². The van der Waals surface area contributed by atoms with Crippen LogP contribution in [0.5, 0.6) is 0 Å². The zero-order valence-electron chi connectivity index (χ0n) is 35.0. The number of esters is 1. The number of rotatable bonds is 9. The number of carbonyl (C=O) groups excluding carboxylic acids is 1. The summed E-state index contributed by atoms with van der Waals surface area (Å²) in [6.07, 6.45) is -8.52. The molecule has 0 saturated carbocycles. The lowest BCUT2D eigenvalue weighted by molar-refractivity contribution is -0.315. The maximum absolute atomic E-state index is 14.3. The number of hydrogen-bond acceptors (Lipinski definition) is 15. The van der Waals surface area contributed by atoms with E-state index < -0.39 is 102 Å². The van der Waals surface area contributed by atoms with Gasteiger partial charge < -0.3 is 64.0 Å². The minimum Gasteiger partial charge on any atom is -0.459 e. The van der Waals surface area contributed by atoms with Crippen LogP contribution in [0, 0.1) is 17.8 Å². The summed E-state index contributed by atoms with van der Waals surface area (Å²) in [4.78, 5) is 17.9. The van der Waals surface area contributed by atoms with Crippen LogP contribution in [0.25, 0.3) is 0 Å². The van der Waals surface area contributed by atoms with Crippen molar-refractivity contribution in [3.63, 3.8) is 0 Å². The predicted molar refractivity (Wildman–Crippen MR) is 200 cm³/mol. The van der Waals surface area contributed by atoms with E-state index in [1.54, 1.807) is 53.5 Å². The van der Waals surface area contributed by atoms with Gasteiger partial charge in [0.2, 0.25) is 0 Å². The van der Waals surface area contributed by atoms with Crippen LogP contribution < -0.4 is 0 Å². The van der Waals surface area contributed by atoms with Gasteiger partial charge in [0.05, 0.1) is 60.3 Å². The first-order valence-electron chi connectivity index (χ1n) is 19.8. The largest absolute Gasteiger partial charge is 0.459 e. The lowest BCUT2D eigenvalue weighted by atomic mass is 9.77. The molecule has 54 heavy (non-hydrogen) atoms. The molecule has 0 radical (unpaired) electrons. The molecule has 3 rings (SSSR count). The number of aliphatic hydroxyl groups is 6. The van der Waals surface area contributed by atoms with Gasteiger partial charge in [0.1, 0.15) is 23.9 Å². The van der Waals surface area contributed by atoms with Gasteiger partial charge in [-0.15, -0.1) is 0 Å². The first kappa shape index (κ1) is 47.3. The van der Waals surface area contributed by atoms with Crippen LogP contribution in [-0.2, 0) is 33.2 Å². The number of aliphatic hydroxyl groups excluding tert-OH is 4. The van der Waals surface area contributed by atoms with Crippen LogP contribution in [0.3, 0.4) is 0 Å². The van der Waals surface area contributed by atoms with Crippen LogP contribution in [0.15, 0.2) is 0 Å². The molecular formula is C39H74N2O13. The van der Waals surface area contributed by atoms with Crippen molar-refractivity contribution < 1.29 is 63.9 Å². The van der Waals surface area contributed by atoms with Gasteiger partial charge in [-0.3, -0.25) is 9.69 Å². The Morgan fingerprint density at radius 3 is 2.17 bits per heavy atom. The number of cyclic esters (lactones) is 1. The molecule has 0 aromatic rings. The second kappa shape index (κ2) is 19.1. The Morgan fingerprint density at radius 1 is 0.963 bits per heavy atom. The van der Waals surface area contributed by atoms with Crippen molar-refractivity contribution >= 4 is 5.97 Å². The first-order valence-corrected chi connectivity index (χ1v) is 19.8. The second-order valence-electron chi connectivity index (χ2n) is 17.4. The van der Waals surface area contributed by atoms with Crippen molar-refractivity contribution in [1.29, 1.82) is 0 Å². The van der Waals surface area contributed by atoms with Crippen molar-refractivity contribution in [1.82, 2.24) is 9.80 Å². The summed E-state index contributed by atoms with van der Waals surface area (Å²) in [7, 11) is 5.09. The van der Waals surface area contributed by atoms with E-state index in [-0.39, 0.29) is 44.4 Å². The Balaban J connectivity index is 2.21. The maximum atomic E-state index is 14.3. The van der Waals surface area contributed by atoms with Crippen molar-refractivity contribution in [3.05, 3.63) is 0 Å². The van der Waals surface area contributed by atoms with Gasteiger partial charge >= 0.3 is 5.97 Å². The molecule has 3 heterocycles.